The van der Waals surface area contributed by atoms with Crippen molar-refractivity contribution in [3.63, 3.8) is 0 Å². The van der Waals surface area contributed by atoms with Crippen molar-refractivity contribution in [2.45, 2.75) is 78.4 Å². The van der Waals surface area contributed by atoms with Crippen molar-refractivity contribution in [3.05, 3.63) is 0 Å². The van der Waals surface area contributed by atoms with Gasteiger partial charge in [-0.15, -0.1) is 0 Å². The number of urea groups is 1. The third kappa shape index (κ3) is 5.59. The normalized spacial score (nSPS) is 23.1. The zero-order chi connectivity index (χ0) is 20.0. The molecule has 27 heavy (non-hydrogen) atoms. The van der Waals surface area contributed by atoms with Gasteiger partial charge in [-0.25, -0.2) is 4.79 Å². The minimum Gasteiger partial charge on any atom is -0.462 e. The molecule has 2 atom stereocenters. The van der Waals surface area contributed by atoms with Crippen molar-refractivity contribution >= 4 is 12.0 Å². The van der Waals surface area contributed by atoms with E-state index in [2.05, 4.69) is 37.9 Å². The quantitative estimate of drug-likeness (QED) is 0.656. The van der Waals surface area contributed by atoms with Crippen molar-refractivity contribution in [1.82, 2.24) is 15.1 Å². The van der Waals surface area contributed by atoms with Crippen molar-refractivity contribution < 1.29 is 14.3 Å². The van der Waals surface area contributed by atoms with Crippen LogP contribution in [-0.4, -0.2) is 67.2 Å². The first kappa shape index (κ1) is 22.0. The molecule has 2 saturated heterocycles. The summed E-state index contributed by atoms with van der Waals surface area (Å²) >= 11 is 0. The number of ether oxygens (including phenoxy) is 1. The number of esters is 1. The molecule has 2 aliphatic heterocycles. The Morgan fingerprint density at radius 2 is 1.96 bits per heavy atom. The smallest absolute Gasteiger partial charge is 0.317 e. The van der Waals surface area contributed by atoms with E-state index in [1.54, 1.807) is 11.9 Å². The lowest BCUT2D eigenvalue weighted by molar-refractivity contribution is -0.150. The number of amides is 2. The summed E-state index contributed by atoms with van der Waals surface area (Å²) < 4.78 is 5.78. The van der Waals surface area contributed by atoms with Crippen molar-refractivity contribution in [3.8, 4) is 0 Å². The van der Waals surface area contributed by atoms with Crippen LogP contribution in [0.3, 0.4) is 0 Å². The highest BCUT2D eigenvalue weighted by molar-refractivity contribution is 5.80. The third-order valence-corrected chi connectivity index (χ3v) is 6.23. The van der Waals surface area contributed by atoms with Crippen LogP contribution in [0.2, 0.25) is 0 Å². The summed E-state index contributed by atoms with van der Waals surface area (Å²) in [4.78, 5) is 28.7. The second-order valence-corrected chi connectivity index (χ2v) is 8.86. The fraction of sp³-hybridized carbons (Fsp3) is 0.905. The Morgan fingerprint density at radius 1 is 1.30 bits per heavy atom. The molecule has 1 spiro atoms. The van der Waals surface area contributed by atoms with Gasteiger partial charge >= 0.3 is 12.0 Å². The first-order valence-corrected chi connectivity index (χ1v) is 10.7. The average molecular weight is 382 g/mol. The van der Waals surface area contributed by atoms with E-state index < -0.39 is 0 Å². The molecule has 0 radical (unpaired) electrons. The molecule has 0 aliphatic carbocycles. The molecule has 0 bridgehead atoms. The highest BCUT2D eigenvalue weighted by Crippen LogP contribution is 2.43. The van der Waals surface area contributed by atoms with Crippen LogP contribution in [-0.2, 0) is 9.53 Å². The van der Waals surface area contributed by atoms with Crippen LogP contribution in [0.1, 0.15) is 66.2 Å². The fourth-order valence-corrected chi connectivity index (χ4v) is 4.68. The van der Waals surface area contributed by atoms with Crippen molar-refractivity contribution in [1.29, 1.82) is 0 Å². The molecule has 2 unspecified atom stereocenters. The van der Waals surface area contributed by atoms with Gasteiger partial charge in [0, 0.05) is 39.1 Å². The van der Waals surface area contributed by atoms with Gasteiger partial charge in [-0.1, -0.05) is 20.8 Å². The molecular weight excluding hydrogens is 342 g/mol. The summed E-state index contributed by atoms with van der Waals surface area (Å²) in [5, 5.41) is 2.67. The first-order valence-electron chi connectivity index (χ1n) is 10.7. The highest BCUT2D eigenvalue weighted by atomic mass is 16.6. The van der Waals surface area contributed by atoms with Crippen LogP contribution in [0, 0.1) is 11.3 Å². The number of nitrogens with one attached hydrogen (secondary N) is 1. The molecule has 2 heterocycles. The van der Waals surface area contributed by atoms with E-state index in [9.17, 15) is 9.59 Å². The van der Waals surface area contributed by atoms with Gasteiger partial charge in [0.25, 0.3) is 0 Å². The van der Waals surface area contributed by atoms with Crippen LogP contribution in [0.15, 0.2) is 0 Å². The highest BCUT2D eigenvalue weighted by Gasteiger charge is 2.50. The van der Waals surface area contributed by atoms with Gasteiger partial charge in [0.2, 0.25) is 0 Å². The maximum atomic E-state index is 12.6. The van der Waals surface area contributed by atoms with Crippen LogP contribution >= 0.6 is 0 Å². The number of cyclic esters (lactones) is 1. The Balaban J connectivity index is 1.87. The van der Waals surface area contributed by atoms with Gasteiger partial charge < -0.3 is 19.9 Å². The van der Waals surface area contributed by atoms with E-state index >= 15 is 0 Å². The second-order valence-electron chi connectivity index (χ2n) is 8.86. The lowest BCUT2D eigenvalue weighted by atomic mass is 9.76. The van der Waals surface area contributed by atoms with E-state index in [4.69, 9.17) is 4.74 Å². The molecule has 0 aromatic rings. The fourth-order valence-electron chi connectivity index (χ4n) is 4.68. The monoisotopic (exact) mass is 381 g/mol. The van der Waals surface area contributed by atoms with E-state index in [1.807, 2.05) is 0 Å². The molecule has 2 amide bonds. The summed E-state index contributed by atoms with van der Waals surface area (Å²) in [6.07, 6.45) is 5.53. The third-order valence-electron chi connectivity index (χ3n) is 6.23. The van der Waals surface area contributed by atoms with E-state index in [1.165, 1.54) is 6.42 Å². The Kier molecular flexibility index (Phi) is 7.95. The topological polar surface area (TPSA) is 61.9 Å². The van der Waals surface area contributed by atoms with Crippen LogP contribution in [0.25, 0.3) is 0 Å². The number of likely N-dealkylation sites (tertiary alicyclic amines) is 1. The van der Waals surface area contributed by atoms with Gasteiger partial charge in [0.05, 0.1) is 5.41 Å². The molecule has 6 nitrogen and oxygen atoms in total. The molecule has 2 aliphatic rings. The van der Waals surface area contributed by atoms with Gasteiger partial charge in [0.15, 0.2) is 0 Å². The zero-order valence-electron chi connectivity index (χ0n) is 17.9. The predicted molar refractivity (Wildman–Crippen MR) is 108 cm³/mol. The zero-order valence-corrected chi connectivity index (χ0v) is 17.9. The summed E-state index contributed by atoms with van der Waals surface area (Å²) in [6.45, 7) is 12.4. The van der Waals surface area contributed by atoms with Gasteiger partial charge in [-0.3, -0.25) is 4.79 Å². The Hall–Kier alpha value is -1.30. The van der Waals surface area contributed by atoms with Crippen LogP contribution < -0.4 is 5.32 Å². The van der Waals surface area contributed by atoms with Crippen LogP contribution in [0.4, 0.5) is 4.79 Å². The lowest BCUT2D eigenvalue weighted by Gasteiger charge is -2.36. The van der Waals surface area contributed by atoms with E-state index in [0.717, 1.165) is 45.2 Å². The number of carbonyl (C=O) groups is 2. The average Bonchev–Trinajstić information content (AvgIpc) is 2.93. The number of carbonyl (C=O) groups excluding carboxylic acids is 2. The maximum Gasteiger partial charge on any atom is 0.317 e. The standard InChI is InChI=1S/C21H39N3O3/c1-6-10-23(17(4)14-16(2)3)11-7-18-15-21(19(25)27-18)8-12-24(13-9-21)20(26)22-5/h16-18H,6-15H2,1-5H3,(H,22,26). The largest absolute Gasteiger partial charge is 0.462 e. The molecule has 2 fully saturated rings. The minimum absolute atomic E-state index is 0.0228. The van der Waals surface area contributed by atoms with Gasteiger partial charge in [-0.2, -0.15) is 0 Å². The molecule has 2 rings (SSSR count). The molecule has 156 valence electrons. The van der Waals surface area contributed by atoms with E-state index in [0.29, 0.717) is 25.0 Å². The number of hydrogen-bond acceptors (Lipinski definition) is 4. The Labute approximate surface area is 165 Å². The van der Waals surface area contributed by atoms with Gasteiger partial charge in [-0.05, 0) is 51.5 Å². The maximum absolute atomic E-state index is 12.6. The summed E-state index contributed by atoms with van der Waals surface area (Å²) in [6, 6.07) is 0.508. The lowest BCUT2D eigenvalue weighted by Crippen LogP contribution is -2.47. The number of rotatable bonds is 8. The van der Waals surface area contributed by atoms with Crippen LogP contribution in [0.5, 0.6) is 0 Å². The van der Waals surface area contributed by atoms with Crippen molar-refractivity contribution in [2.75, 3.05) is 33.2 Å². The molecule has 6 heteroatoms. The van der Waals surface area contributed by atoms with Gasteiger partial charge in [0.1, 0.15) is 6.10 Å². The summed E-state index contributed by atoms with van der Waals surface area (Å²) in [5.41, 5.74) is -0.367. The Morgan fingerprint density at radius 3 is 2.52 bits per heavy atom. The molecule has 0 aromatic heterocycles. The molecule has 0 saturated carbocycles. The van der Waals surface area contributed by atoms with E-state index in [-0.39, 0.29) is 23.5 Å². The summed E-state index contributed by atoms with van der Waals surface area (Å²) in [5.74, 6) is 0.652. The number of piperidine rings is 1. The number of hydrogen-bond donors (Lipinski definition) is 1. The summed E-state index contributed by atoms with van der Waals surface area (Å²) in [7, 11) is 1.65. The number of nitrogens with zero attached hydrogens (tertiary/aromatic N) is 2. The minimum atomic E-state index is -0.367. The first-order chi connectivity index (χ1) is 12.8. The predicted octanol–water partition coefficient (Wildman–Crippen LogP) is 3.26. The second kappa shape index (κ2) is 9.76. The Bertz CT molecular complexity index is 501. The molecule has 0 aromatic carbocycles. The SMILES string of the molecule is CCCN(CCC1CC2(CCN(C(=O)NC)CC2)C(=O)O1)C(C)CC(C)C. The molecular formula is C21H39N3O3. The van der Waals surface area contributed by atoms with Crippen molar-refractivity contribution in [2.24, 2.45) is 11.3 Å². The molecule has 1 N–H and O–H groups in total.